The standard InChI is InChI=1S/C8H15N/c1-4-5-9-7(2)6-8(9)3/h4,7-8H,1,5-6H2,2-3H3. The van der Waals surface area contributed by atoms with Crippen LogP contribution < -0.4 is 0 Å². The molecule has 1 nitrogen and oxygen atoms in total. The van der Waals surface area contributed by atoms with Crippen molar-refractivity contribution in [3.8, 4) is 0 Å². The molecule has 1 fully saturated rings. The van der Waals surface area contributed by atoms with Crippen molar-refractivity contribution in [2.45, 2.75) is 32.4 Å². The fraction of sp³-hybridized carbons (Fsp3) is 0.750. The maximum Gasteiger partial charge on any atom is 0.0166 e. The molecular formula is C8H15N. The third kappa shape index (κ3) is 1.16. The molecule has 2 unspecified atom stereocenters. The molecule has 0 spiro atoms. The van der Waals surface area contributed by atoms with Crippen molar-refractivity contribution in [1.82, 2.24) is 4.90 Å². The first kappa shape index (κ1) is 6.81. The molecule has 1 rings (SSSR count). The summed E-state index contributed by atoms with van der Waals surface area (Å²) in [7, 11) is 0. The van der Waals surface area contributed by atoms with Gasteiger partial charge in [-0.3, -0.25) is 4.90 Å². The highest BCUT2D eigenvalue weighted by Crippen LogP contribution is 2.23. The lowest BCUT2D eigenvalue weighted by Crippen LogP contribution is -2.52. The van der Waals surface area contributed by atoms with Crippen LogP contribution in [-0.2, 0) is 0 Å². The second-order valence-electron chi connectivity index (χ2n) is 2.92. The minimum absolute atomic E-state index is 0.790. The lowest BCUT2D eigenvalue weighted by molar-refractivity contribution is 0.0517. The summed E-state index contributed by atoms with van der Waals surface area (Å²) in [5, 5.41) is 0. The van der Waals surface area contributed by atoms with Crippen LogP contribution in [0.5, 0.6) is 0 Å². The van der Waals surface area contributed by atoms with Crippen LogP contribution in [0, 0.1) is 0 Å². The van der Waals surface area contributed by atoms with Gasteiger partial charge in [-0.1, -0.05) is 6.08 Å². The summed E-state index contributed by atoms with van der Waals surface area (Å²) in [5.41, 5.74) is 0. The van der Waals surface area contributed by atoms with Gasteiger partial charge in [0.2, 0.25) is 0 Å². The van der Waals surface area contributed by atoms with E-state index in [-0.39, 0.29) is 0 Å². The molecule has 1 aliphatic heterocycles. The highest BCUT2D eigenvalue weighted by Gasteiger charge is 2.29. The second-order valence-corrected chi connectivity index (χ2v) is 2.92. The van der Waals surface area contributed by atoms with E-state index in [0.717, 1.165) is 18.6 Å². The zero-order valence-electron chi connectivity index (χ0n) is 6.30. The van der Waals surface area contributed by atoms with Gasteiger partial charge in [-0.25, -0.2) is 0 Å². The van der Waals surface area contributed by atoms with Gasteiger partial charge in [0.05, 0.1) is 0 Å². The topological polar surface area (TPSA) is 3.24 Å². The molecule has 1 saturated heterocycles. The quantitative estimate of drug-likeness (QED) is 0.507. The van der Waals surface area contributed by atoms with E-state index >= 15 is 0 Å². The van der Waals surface area contributed by atoms with Crippen molar-refractivity contribution in [3.05, 3.63) is 12.7 Å². The average molecular weight is 125 g/mol. The largest absolute Gasteiger partial charge is 0.294 e. The van der Waals surface area contributed by atoms with Crippen molar-refractivity contribution >= 4 is 0 Å². The SMILES string of the molecule is C=CCN1C(C)CC1C. The van der Waals surface area contributed by atoms with Crippen LogP contribution in [0.2, 0.25) is 0 Å². The van der Waals surface area contributed by atoms with Gasteiger partial charge in [-0.15, -0.1) is 6.58 Å². The minimum Gasteiger partial charge on any atom is -0.294 e. The molecule has 9 heavy (non-hydrogen) atoms. The van der Waals surface area contributed by atoms with Gasteiger partial charge in [-0.05, 0) is 20.3 Å². The second kappa shape index (κ2) is 2.53. The fourth-order valence-corrected chi connectivity index (χ4v) is 1.57. The first-order chi connectivity index (χ1) is 4.25. The summed E-state index contributed by atoms with van der Waals surface area (Å²) in [6.07, 6.45) is 3.33. The summed E-state index contributed by atoms with van der Waals surface area (Å²) in [6.45, 7) is 9.30. The van der Waals surface area contributed by atoms with Crippen LogP contribution >= 0.6 is 0 Å². The van der Waals surface area contributed by atoms with Gasteiger partial charge >= 0.3 is 0 Å². The molecule has 52 valence electrons. The predicted molar refractivity (Wildman–Crippen MR) is 40.4 cm³/mol. The van der Waals surface area contributed by atoms with Gasteiger partial charge < -0.3 is 0 Å². The number of rotatable bonds is 2. The van der Waals surface area contributed by atoms with Crippen molar-refractivity contribution in [3.63, 3.8) is 0 Å². The van der Waals surface area contributed by atoms with Crippen LogP contribution in [0.25, 0.3) is 0 Å². The molecular weight excluding hydrogens is 110 g/mol. The Morgan fingerprint density at radius 2 is 2.11 bits per heavy atom. The summed E-state index contributed by atoms with van der Waals surface area (Å²) in [6, 6.07) is 1.58. The molecule has 0 aliphatic carbocycles. The normalized spacial score (nSPS) is 35.8. The molecule has 1 heteroatoms. The zero-order valence-corrected chi connectivity index (χ0v) is 6.30. The Balaban J connectivity index is 2.30. The number of hydrogen-bond acceptors (Lipinski definition) is 1. The Bertz CT molecular complexity index is 101. The minimum atomic E-state index is 0.790. The first-order valence-electron chi connectivity index (χ1n) is 3.62. The molecule has 1 aliphatic rings. The van der Waals surface area contributed by atoms with Gasteiger partial charge in [0.15, 0.2) is 0 Å². The summed E-state index contributed by atoms with van der Waals surface area (Å²) < 4.78 is 0. The third-order valence-corrected chi connectivity index (χ3v) is 2.15. The van der Waals surface area contributed by atoms with E-state index in [1.54, 1.807) is 0 Å². The Kier molecular flexibility index (Phi) is 1.91. The van der Waals surface area contributed by atoms with E-state index in [4.69, 9.17) is 0 Å². The maximum absolute atomic E-state index is 3.71. The van der Waals surface area contributed by atoms with E-state index in [9.17, 15) is 0 Å². The third-order valence-electron chi connectivity index (χ3n) is 2.15. The Labute approximate surface area is 57.4 Å². The molecule has 0 N–H and O–H groups in total. The van der Waals surface area contributed by atoms with Crippen LogP contribution in [0.4, 0.5) is 0 Å². The van der Waals surface area contributed by atoms with Crippen LogP contribution in [0.1, 0.15) is 20.3 Å². The van der Waals surface area contributed by atoms with Crippen molar-refractivity contribution < 1.29 is 0 Å². The van der Waals surface area contributed by atoms with Gasteiger partial charge in [0.25, 0.3) is 0 Å². The van der Waals surface area contributed by atoms with E-state index in [2.05, 4.69) is 25.3 Å². The van der Waals surface area contributed by atoms with Crippen molar-refractivity contribution in [1.29, 1.82) is 0 Å². The van der Waals surface area contributed by atoms with Gasteiger partial charge in [-0.2, -0.15) is 0 Å². The summed E-state index contributed by atoms with van der Waals surface area (Å²) in [5.74, 6) is 0. The highest BCUT2D eigenvalue weighted by molar-refractivity contribution is 4.90. The Morgan fingerprint density at radius 3 is 2.33 bits per heavy atom. The average Bonchev–Trinajstić information content (AvgIpc) is 1.84. The van der Waals surface area contributed by atoms with Crippen molar-refractivity contribution in [2.75, 3.05) is 6.54 Å². The summed E-state index contributed by atoms with van der Waals surface area (Å²) >= 11 is 0. The lowest BCUT2D eigenvalue weighted by atomic mass is 9.96. The van der Waals surface area contributed by atoms with Gasteiger partial charge in [0, 0.05) is 18.6 Å². The number of nitrogens with zero attached hydrogens (tertiary/aromatic N) is 1. The lowest BCUT2D eigenvalue weighted by Gasteiger charge is -2.44. The Hall–Kier alpha value is -0.300. The molecule has 0 aromatic carbocycles. The van der Waals surface area contributed by atoms with E-state index in [1.165, 1.54) is 6.42 Å². The summed E-state index contributed by atoms with van der Waals surface area (Å²) in [4.78, 5) is 2.45. The molecule has 0 aromatic heterocycles. The van der Waals surface area contributed by atoms with Crippen LogP contribution in [-0.4, -0.2) is 23.5 Å². The molecule has 0 bridgehead atoms. The van der Waals surface area contributed by atoms with Crippen LogP contribution in [0.15, 0.2) is 12.7 Å². The molecule has 1 heterocycles. The van der Waals surface area contributed by atoms with Gasteiger partial charge in [0.1, 0.15) is 0 Å². The maximum atomic E-state index is 3.71. The number of hydrogen-bond donors (Lipinski definition) is 0. The van der Waals surface area contributed by atoms with Crippen molar-refractivity contribution in [2.24, 2.45) is 0 Å². The fourth-order valence-electron chi connectivity index (χ4n) is 1.57. The molecule has 0 saturated carbocycles. The predicted octanol–water partition coefficient (Wildman–Crippen LogP) is 1.66. The molecule has 0 aromatic rings. The molecule has 0 radical (unpaired) electrons. The van der Waals surface area contributed by atoms with E-state index in [0.29, 0.717) is 0 Å². The molecule has 0 amide bonds. The Morgan fingerprint density at radius 1 is 1.56 bits per heavy atom. The number of likely N-dealkylation sites (tertiary alicyclic amines) is 1. The van der Waals surface area contributed by atoms with E-state index in [1.807, 2.05) is 6.08 Å². The van der Waals surface area contributed by atoms with Crippen LogP contribution in [0.3, 0.4) is 0 Å². The monoisotopic (exact) mass is 125 g/mol. The first-order valence-corrected chi connectivity index (χ1v) is 3.62. The smallest absolute Gasteiger partial charge is 0.0166 e. The van der Waals surface area contributed by atoms with E-state index < -0.39 is 0 Å². The molecule has 2 atom stereocenters. The highest BCUT2D eigenvalue weighted by atomic mass is 15.2. The zero-order chi connectivity index (χ0) is 6.85.